The average Bonchev–Trinajstić information content (AvgIpc) is 3.16. The van der Waals surface area contributed by atoms with Gasteiger partial charge >= 0.3 is 6.36 Å². The highest BCUT2D eigenvalue weighted by Gasteiger charge is 2.31. The number of amides is 1. The summed E-state index contributed by atoms with van der Waals surface area (Å²) in [5.74, 6) is -0.883. The highest BCUT2D eigenvalue weighted by molar-refractivity contribution is 7.15. The lowest BCUT2D eigenvalue weighted by atomic mass is 10.1. The summed E-state index contributed by atoms with van der Waals surface area (Å²) in [6, 6.07) is 15.5. The summed E-state index contributed by atoms with van der Waals surface area (Å²) >= 11 is 1.45. The predicted octanol–water partition coefficient (Wildman–Crippen LogP) is 5.26. The van der Waals surface area contributed by atoms with E-state index in [4.69, 9.17) is 5.73 Å². The van der Waals surface area contributed by atoms with Crippen molar-refractivity contribution >= 4 is 28.3 Å². The van der Waals surface area contributed by atoms with Crippen LogP contribution in [0.4, 0.5) is 13.2 Å². The summed E-state index contributed by atoms with van der Waals surface area (Å²) in [6.07, 6.45) is -4.38. The summed E-state index contributed by atoms with van der Waals surface area (Å²) < 4.78 is 41.5. The van der Waals surface area contributed by atoms with Crippen LogP contribution in [-0.4, -0.2) is 22.2 Å². The fraction of sp³-hybridized carbons (Fsp3) is 0.136. The van der Waals surface area contributed by atoms with Crippen molar-refractivity contribution in [1.29, 1.82) is 0 Å². The van der Waals surface area contributed by atoms with E-state index in [1.165, 1.54) is 17.4 Å². The van der Waals surface area contributed by atoms with Gasteiger partial charge in [-0.05, 0) is 60.5 Å². The molecule has 2 aromatic carbocycles. The SMILES string of the molecule is Cc1cc(-c2ccc(Cc3nc4ccccc4nc3C(N)=O)s2)ccc1OC(F)(F)F. The Morgan fingerprint density at radius 1 is 1.06 bits per heavy atom. The van der Waals surface area contributed by atoms with Crippen LogP contribution in [0.5, 0.6) is 5.75 Å². The third-order valence-electron chi connectivity index (χ3n) is 4.56. The minimum atomic E-state index is -4.73. The summed E-state index contributed by atoms with van der Waals surface area (Å²) in [4.78, 5) is 22.6. The molecule has 0 aliphatic rings. The number of carbonyl (C=O) groups is 1. The lowest BCUT2D eigenvalue weighted by Crippen LogP contribution is -2.17. The first kappa shape index (κ1) is 20.8. The normalized spacial score (nSPS) is 11.6. The average molecular weight is 443 g/mol. The van der Waals surface area contributed by atoms with Crippen LogP contribution in [0.25, 0.3) is 21.5 Å². The van der Waals surface area contributed by atoms with E-state index < -0.39 is 12.3 Å². The van der Waals surface area contributed by atoms with Crippen LogP contribution in [0.1, 0.15) is 26.6 Å². The summed E-state index contributed by atoms with van der Waals surface area (Å²) in [5, 5.41) is 0. The second-order valence-electron chi connectivity index (χ2n) is 6.84. The molecule has 0 aliphatic carbocycles. The zero-order chi connectivity index (χ0) is 22.2. The van der Waals surface area contributed by atoms with Crippen molar-refractivity contribution in [2.45, 2.75) is 19.7 Å². The van der Waals surface area contributed by atoms with Gasteiger partial charge in [0.2, 0.25) is 0 Å². The van der Waals surface area contributed by atoms with Crippen molar-refractivity contribution in [2.75, 3.05) is 0 Å². The number of nitrogens with zero attached hydrogens (tertiary/aromatic N) is 2. The topological polar surface area (TPSA) is 78.1 Å². The maximum atomic E-state index is 12.5. The van der Waals surface area contributed by atoms with Gasteiger partial charge in [0.15, 0.2) is 5.69 Å². The molecule has 0 aliphatic heterocycles. The molecule has 2 aromatic heterocycles. The zero-order valence-electron chi connectivity index (χ0n) is 16.2. The minimum absolute atomic E-state index is 0.123. The third-order valence-corrected chi connectivity index (χ3v) is 5.70. The summed E-state index contributed by atoms with van der Waals surface area (Å²) in [7, 11) is 0. The molecule has 0 atom stereocenters. The fourth-order valence-electron chi connectivity index (χ4n) is 3.19. The Morgan fingerprint density at radius 3 is 2.42 bits per heavy atom. The maximum Gasteiger partial charge on any atom is 0.573 e. The molecule has 0 fully saturated rings. The number of nitrogens with two attached hydrogens (primary N) is 1. The number of halogens is 3. The Hall–Kier alpha value is -3.46. The van der Waals surface area contributed by atoms with Crippen molar-refractivity contribution < 1.29 is 22.7 Å². The molecule has 0 unspecified atom stereocenters. The maximum absolute atomic E-state index is 12.5. The Labute approximate surface area is 179 Å². The largest absolute Gasteiger partial charge is 0.573 e. The molecule has 0 bridgehead atoms. The molecular weight excluding hydrogens is 427 g/mol. The molecule has 0 saturated carbocycles. The molecule has 2 heterocycles. The molecule has 9 heteroatoms. The molecule has 2 N–H and O–H groups in total. The van der Waals surface area contributed by atoms with Gasteiger partial charge in [-0.25, -0.2) is 9.97 Å². The van der Waals surface area contributed by atoms with E-state index in [0.29, 0.717) is 28.7 Å². The molecule has 0 spiro atoms. The Balaban J connectivity index is 1.62. The highest BCUT2D eigenvalue weighted by atomic mass is 32.1. The Morgan fingerprint density at radius 2 is 1.77 bits per heavy atom. The number of para-hydroxylation sites is 2. The van der Waals surface area contributed by atoms with Crippen LogP contribution in [0.15, 0.2) is 54.6 Å². The monoisotopic (exact) mass is 443 g/mol. The van der Waals surface area contributed by atoms with Gasteiger partial charge in [0.05, 0.1) is 16.7 Å². The highest BCUT2D eigenvalue weighted by Crippen LogP contribution is 2.34. The number of hydrogen-bond donors (Lipinski definition) is 1. The number of primary amides is 1. The van der Waals surface area contributed by atoms with E-state index in [9.17, 15) is 18.0 Å². The number of aromatic nitrogens is 2. The van der Waals surface area contributed by atoms with Gasteiger partial charge in [-0.2, -0.15) is 0 Å². The van der Waals surface area contributed by atoms with Gasteiger partial charge in [-0.15, -0.1) is 24.5 Å². The van der Waals surface area contributed by atoms with E-state index in [1.54, 1.807) is 31.2 Å². The third kappa shape index (κ3) is 4.66. The Bertz CT molecular complexity index is 1280. The molecule has 5 nitrogen and oxygen atoms in total. The van der Waals surface area contributed by atoms with Crippen LogP contribution in [0.3, 0.4) is 0 Å². The van der Waals surface area contributed by atoms with Crippen molar-refractivity contribution in [2.24, 2.45) is 5.73 Å². The minimum Gasteiger partial charge on any atom is -0.406 e. The van der Waals surface area contributed by atoms with Gasteiger partial charge in [-0.1, -0.05) is 12.1 Å². The van der Waals surface area contributed by atoms with Crippen LogP contribution < -0.4 is 10.5 Å². The lowest BCUT2D eigenvalue weighted by Gasteiger charge is -2.12. The van der Waals surface area contributed by atoms with Crippen LogP contribution in [-0.2, 0) is 6.42 Å². The quantitative estimate of drug-likeness (QED) is 0.457. The number of thiophene rings is 1. The summed E-state index contributed by atoms with van der Waals surface area (Å²) in [5.41, 5.74) is 8.49. The van der Waals surface area contributed by atoms with Crippen molar-refractivity contribution in [3.05, 3.63) is 76.4 Å². The molecule has 4 rings (SSSR count). The molecular formula is C22H16F3N3O2S. The first-order chi connectivity index (χ1) is 14.7. The van der Waals surface area contributed by atoms with Gasteiger partial charge in [0.1, 0.15) is 5.75 Å². The number of hydrogen-bond acceptors (Lipinski definition) is 5. The number of rotatable bonds is 5. The molecule has 158 valence electrons. The Kier molecular flexibility index (Phi) is 5.36. The van der Waals surface area contributed by atoms with Crippen LogP contribution in [0.2, 0.25) is 0 Å². The van der Waals surface area contributed by atoms with Gasteiger partial charge in [0, 0.05) is 16.2 Å². The smallest absolute Gasteiger partial charge is 0.406 e. The van der Waals surface area contributed by atoms with Crippen molar-refractivity contribution in [3.8, 4) is 16.2 Å². The number of alkyl halides is 3. The lowest BCUT2D eigenvalue weighted by molar-refractivity contribution is -0.274. The summed E-state index contributed by atoms with van der Waals surface area (Å²) in [6.45, 7) is 1.56. The number of ether oxygens (including phenoxy) is 1. The first-order valence-electron chi connectivity index (χ1n) is 9.20. The second-order valence-corrected chi connectivity index (χ2v) is 8.01. The predicted molar refractivity (Wildman–Crippen MR) is 112 cm³/mol. The fourth-order valence-corrected chi connectivity index (χ4v) is 4.20. The van der Waals surface area contributed by atoms with Crippen LogP contribution in [0, 0.1) is 6.92 Å². The number of fused-ring (bicyclic) bond motifs is 1. The van der Waals surface area contributed by atoms with Gasteiger partial charge in [-0.3, -0.25) is 4.79 Å². The number of aryl methyl sites for hydroxylation is 1. The van der Waals surface area contributed by atoms with E-state index >= 15 is 0 Å². The number of carbonyl (C=O) groups excluding carboxylic acids is 1. The molecule has 31 heavy (non-hydrogen) atoms. The van der Waals surface area contributed by atoms with E-state index in [0.717, 1.165) is 15.3 Å². The van der Waals surface area contributed by atoms with Crippen molar-refractivity contribution in [1.82, 2.24) is 9.97 Å². The molecule has 0 radical (unpaired) electrons. The van der Waals surface area contributed by atoms with Crippen molar-refractivity contribution in [3.63, 3.8) is 0 Å². The van der Waals surface area contributed by atoms with E-state index in [1.807, 2.05) is 24.3 Å². The molecule has 4 aromatic rings. The first-order valence-corrected chi connectivity index (χ1v) is 10.0. The molecule has 0 saturated heterocycles. The van der Waals surface area contributed by atoms with E-state index in [-0.39, 0.29) is 11.4 Å². The van der Waals surface area contributed by atoms with Gasteiger partial charge < -0.3 is 10.5 Å². The second kappa shape index (κ2) is 7.99. The molecule has 1 amide bonds. The zero-order valence-corrected chi connectivity index (χ0v) is 17.1. The standard InChI is InChI=1S/C22H16F3N3O2S/c1-12-10-13(6-8-18(12)30-22(23,24)25)19-9-7-14(31-19)11-17-20(21(26)29)28-16-5-3-2-4-15(16)27-17/h2-10H,11H2,1H3,(H2,26,29). The number of benzene rings is 2. The van der Waals surface area contributed by atoms with E-state index in [2.05, 4.69) is 14.7 Å². The van der Waals surface area contributed by atoms with Crippen LogP contribution >= 0.6 is 11.3 Å². The van der Waals surface area contributed by atoms with Gasteiger partial charge in [0.25, 0.3) is 5.91 Å².